The number of hydrogen-bond acceptors (Lipinski definition) is 2. The Labute approximate surface area is 88.4 Å². The van der Waals surface area contributed by atoms with Gasteiger partial charge in [0.25, 0.3) is 0 Å². The van der Waals surface area contributed by atoms with Gasteiger partial charge < -0.3 is 13.9 Å². The zero-order chi connectivity index (χ0) is 10.3. The minimum Gasteiger partial charge on any atom is -0.518 e. The molecule has 0 fully saturated rings. The summed E-state index contributed by atoms with van der Waals surface area (Å²) in [6.07, 6.45) is 1.98. The topological polar surface area (TPSA) is 23.4 Å². The van der Waals surface area contributed by atoms with E-state index in [1.165, 1.54) is 0 Å². The minimum absolute atomic E-state index is 0.317. The van der Waals surface area contributed by atoms with Gasteiger partial charge in [-0.15, -0.1) is 0 Å². The van der Waals surface area contributed by atoms with E-state index >= 15 is 0 Å². The van der Waals surface area contributed by atoms with Crippen molar-refractivity contribution in [1.29, 1.82) is 0 Å². The molecular formula is C11H10BNO2. The lowest BCUT2D eigenvalue weighted by Crippen LogP contribution is -2.42. The summed E-state index contributed by atoms with van der Waals surface area (Å²) in [6.45, 7) is 0. The van der Waals surface area contributed by atoms with Crippen LogP contribution in [0.4, 0.5) is 0 Å². The van der Waals surface area contributed by atoms with E-state index in [1.807, 2.05) is 54.2 Å². The molecule has 0 spiro atoms. The van der Waals surface area contributed by atoms with Crippen molar-refractivity contribution in [2.45, 2.75) is 0 Å². The zero-order valence-corrected chi connectivity index (χ0v) is 8.38. The van der Waals surface area contributed by atoms with Crippen LogP contribution in [0.25, 0.3) is 0 Å². The Balaban J connectivity index is 1.94. The molecule has 3 nitrogen and oxygen atoms in total. The van der Waals surface area contributed by atoms with Crippen LogP contribution in [-0.2, 0) is 7.05 Å². The van der Waals surface area contributed by atoms with Gasteiger partial charge in [-0.1, -0.05) is 12.1 Å². The number of hydrogen-bond donors (Lipinski definition) is 0. The van der Waals surface area contributed by atoms with E-state index in [-0.39, 0.29) is 7.12 Å². The largest absolute Gasteiger partial charge is 0.650 e. The van der Waals surface area contributed by atoms with Crippen LogP contribution < -0.4 is 14.9 Å². The molecule has 0 saturated carbocycles. The van der Waals surface area contributed by atoms with Crippen LogP contribution >= 0.6 is 0 Å². The first-order chi connectivity index (χ1) is 7.34. The lowest BCUT2D eigenvalue weighted by molar-refractivity contribution is 0.515. The van der Waals surface area contributed by atoms with Crippen LogP contribution in [0, 0.1) is 0 Å². The molecule has 0 saturated heterocycles. The third-order valence-corrected chi connectivity index (χ3v) is 2.54. The molecule has 15 heavy (non-hydrogen) atoms. The highest BCUT2D eigenvalue weighted by Crippen LogP contribution is 2.32. The number of benzene rings is 1. The van der Waals surface area contributed by atoms with Gasteiger partial charge >= 0.3 is 7.12 Å². The molecule has 1 aromatic carbocycles. The van der Waals surface area contributed by atoms with E-state index in [0.29, 0.717) is 0 Å². The maximum Gasteiger partial charge on any atom is 0.650 e. The minimum atomic E-state index is -0.317. The third kappa shape index (κ3) is 1.29. The molecule has 3 rings (SSSR count). The summed E-state index contributed by atoms with van der Waals surface area (Å²) in [4.78, 5) is 0. The lowest BCUT2D eigenvalue weighted by atomic mass is 9.85. The normalized spacial score (nSPS) is 13.3. The average Bonchev–Trinajstić information content (AvgIpc) is 2.82. The second-order valence-electron chi connectivity index (χ2n) is 3.56. The summed E-state index contributed by atoms with van der Waals surface area (Å²) >= 11 is 0. The van der Waals surface area contributed by atoms with Crippen molar-refractivity contribution < 1.29 is 9.31 Å². The van der Waals surface area contributed by atoms with Gasteiger partial charge in [-0.05, 0) is 24.3 Å². The van der Waals surface area contributed by atoms with Crippen molar-refractivity contribution in [3.05, 3.63) is 42.6 Å². The predicted molar refractivity (Wildman–Crippen MR) is 58.5 cm³/mol. The van der Waals surface area contributed by atoms with E-state index in [2.05, 4.69) is 0 Å². The molecule has 0 atom stereocenters. The van der Waals surface area contributed by atoms with Crippen LogP contribution in [0.3, 0.4) is 0 Å². The molecule has 1 aliphatic heterocycles. The predicted octanol–water partition coefficient (Wildman–Crippen LogP) is 1.19. The molecule has 0 unspecified atom stereocenters. The van der Waals surface area contributed by atoms with Crippen molar-refractivity contribution in [1.82, 2.24) is 4.57 Å². The first-order valence-corrected chi connectivity index (χ1v) is 4.88. The molecule has 0 radical (unpaired) electrons. The highest BCUT2D eigenvalue weighted by atomic mass is 16.6. The van der Waals surface area contributed by atoms with Crippen LogP contribution in [-0.4, -0.2) is 11.7 Å². The maximum absolute atomic E-state index is 5.69. The summed E-state index contributed by atoms with van der Waals surface area (Å²) < 4.78 is 13.4. The molecule has 74 valence electrons. The highest BCUT2D eigenvalue weighted by molar-refractivity contribution is 6.62. The van der Waals surface area contributed by atoms with Crippen molar-refractivity contribution in [2.75, 3.05) is 0 Å². The van der Waals surface area contributed by atoms with Gasteiger partial charge in [0.2, 0.25) is 0 Å². The van der Waals surface area contributed by atoms with E-state index in [4.69, 9.17) is 9.31 Å². The Morgan fingerprint density at radius 1 is 1.00 bits per heavy atom. The van der Waals surface area contributed by atoms with Crippen LogP contribution in [0.15, 0.2) is 42.6 Å². The molecule has 1 aromatic heterocycles. The monoisotopic (exact) mass is 199 g/mol. The van der Waals surface area contributed by atoms with Gasteiger partial charge in [-0.3, -0.25) is 0 Å². The summed E-state index contributed by atoms with van der Waals surface area (Å²) in [5.41, 5.74) is 1.02. The number of aryl methyl sites for hydroxylation is 1. The number of para-hydroxylation sites is 2. The Morgan fingerprint density at radius 2 is 1.67 bits per heavy atom. The summed E-state index contributed by atoms with van der Waals surface area (Å²) in [7, 11) is 1.66. The highest BCUT2D eigenvalue weighted by Gasteiger charge is 2.35. The van der Waals surface area contributed by atoms with E-state index in [0.717, 1.165) is 17.1 Å². The van der Waals surface area contributed by atoms with Crippen LogP contribution in [0.5, 0.6) is 11.5 Å². The Morgan fingerprint density at radius 3 is 2.20 bits per heavy atom. The van der Waals surface area contributed by atoms with Crippen molar-refractivity contribution in [2.24, 2.45) is 7.05 Å². The average molecular weight is 199 g/mol. The SMILES string of the molecule is Cn1cccc1B1Oc2ccccc2O1. The molecule has 1 aliphatic rings. The van der Waals surface area contributed by atoms with Crippen LogP contribution in [0.1, 0.15) is 0 Å². The second kappa shape index (κ2) is 3.09. The van der Waals surface area contributed by atoms with Crippen molar-refractivity contribution in [3.63, 3.8) is 0 Å². The molecule has 0 aliphatic carbocycles. The van der Waals surface area contributed by atoms with Crippen molar-refractivity contribution >= 4 is 12.7 Å². The number of nitrogens with zero attached hydrogens (tertiary/aromatic N) is 1. The van der Waals surface area contributed by atoms with Gasteiger partial charge in [0.05, 0.1) is 5.59 Å². The fraction of sp³-hybridized carbons (Fsp3) is 0.0909. The second-order valence-corrected chi connectivity index (χ2v) is 3.56. The smallest absolute Gasteiger partial charge is 0.518 e. The molecular weight excluding hydrogens is 189 g/mol. The lowest BCUT2D eigenvalue weighted by Gasteiger charge is -2.05. The number of aromatic nitrogens is 1. The molecule has 4 heteroatoms. The molecule has 2 heterocycles. The Bertz CT molecular complexity index is 470. The first kappa shape index (κ1) is 8.47. The molecule has 0 N–H and O–H groups in total. The Hall–Kier alpha value is -1.84. The van der Waals surface area contributed by atoms with Gasteiger partial charge in [-0.2, -0.15) is 0 Å². The first-order valence-electron chi connectivity index (χ1n) is 4.88. The fourth-order valence-electron chi connectivity index (χ4n) is 1.74. The number of fused-ring (bicyclic) bond motifs is 1. The maximum atomic E-state index is 5.69. The van der Waals surface area contributed by atoms with Crippen molar-refractivity contribution in [3.8, 4) is 11.5 Å². The van der Waals surface area contributed by atoms with E-state index in [9.17, 15) is 0 Å². The molecule has 0 amide bonds. The van der Waals surface area contributed by atoms with Gasteiger partial charge in [0.1, 0.15) is 11.5 Å². The van der Waals surface area contributed by atoms with Gasteiger partial charge in [0.15, 0.2) is 0 Å². The number of rotatable bonds is 1. The standard InChI is InChI=1S/C11H10BNO2/c1-13-8-4-7-11(13)12-14-9-5-2-3-6-10(9)15-12/h2-8H,1H3. The quantitative estimate of drug-likeness (QED) is 0.644. The summed E-state index contributed by atoms with van der Waals surface area (Å²) in [5.74, 6) is 1.62. The molecule has 0 bridgehead atoms. The zero-order valence-electron chi connectivity index (χ0n) is 8.38. The third-order valence-electron chi connectivity index (χ3n) is 2.54. The molecule has 2 aromatic rings. The van der Waals surface area contributed by atoms with Gasteiger partial charge in [-0.25, -0.2) is 0 Å². The van der Waals surface area contributed by atoms with E-state index in [1.54, 1.807) is 0 Å². The summed E-state index contributed by atoms with van der Waals surface area (Å²) in [5, 5.41) is 0. The van der Waals surface area contributed by atoms with Crippen LogP contribution in [0.2, 0.25) is 0 Å². The Kier molecular flexibility index (Phi) is 1.74. The van der Waals surface area contributed by atoms with E-state index < -0.39 is 0 Å². The fourth-order valence-corrected chi connectivity index (χ4v) is 1.74. The van der Waals surface area contributed by atoms with Gasteiger partial charge in [0, 0.05) is 13.2 Å². The summed E-state index contributed by atoms with van der Waals surface area (Å²) in [6, 6.07) is 11.7.